The second-order valence-corrected chi connectivity index (χ2v) is 16.3. The maximum absolute atomic E-state index is 12.7. The van der Waals surface area contributed by atoms with E-state index in [2.05, 4.69) is 26.0 Å². The molecular formula is C45H85NO8. The van der Waals surface area contributed by atoms with E-state index < -0.39 is 24.3 Å². The molecule has 0 aliphatic heterocycles. The quantitative estimate of drug-likeness (QED) is 0.0199. The van der Waals surface area contributed by atoms with Gasteiger partial charge < -0.3 is 33.3 Å². The Morgan fingerprint density at radius 3 is 1.44 bits per heavy atom. The summed E-state index contributed by atoms with van der Waals surface area (Å²) in [4.78, 5) is 36.9. The molecule has 0 aromatic carbocycles. The van der Waals surface area contributed by atoms with E-state index in [-0.39, 0.29) is 32.2 Å². The second-order valence-electron chi connectivity index (χ2n) is 16.3. The van der Waals surface area contributed by atoms with E-state index in [1.165, 1.54) is 109 Å². The Kier molecular flexibility index (Phi) is 36.5. The number of hydrogen-bond donors (Lipinski definition) is 0. The number of hydrogen-bond acceptors (Lipinski definition) is 8. The van der Waals surface area contributed by atoms with Crippen LogP contribution in [0.1, 0.15) is 200 Å². The van der Waals surface area contributed by atoms with Gasteiger partial charge in [0.2, 0.25) is 0 Å². The minimum Gasteiger partial charge on any atom is -0.545 e. The van der Waals surface area contributed by atoms with Gasteiger partial charge in [-0.15, -0.1) is 0 Å². The predicted molar refractivity (Wildman–Crippen MR) is 219 cm³/mol. The molecule has 0 aromatic rings. The Hall–Kier alpha value is -1.97. The topological polar surface area (TPSA) is 111 Å². The first-order chi connectivity index (χ1) is 26.1. The third kappa shape index (κ3) is 38.3. The fourth-order valence-corrected chi connectivity index (χ4v) is 6.24. The fourth-order valence-electron chi connectivity index (χ4n) is 6.24. The molecular weight excluding hydrogens is 682 g/mol. The number of unbranched alkanes of at least 4 members (excludes halogenated alkanes) is 24. The lowest BCUT2D eigenvalue weighted by molar-refractivity contribution is -0.870. The number of allylic oxidation sites excluding steroid dienone is 2. The molecule has 318 valence electrons. The Bertz CT molecular complexity index is 903. The van der Waals surface area contributed by atoms with Crippen molar-refractivity contribution >= 4 is 17.9 Å². The Morgan fingerprint density at radius 1 is 0.537 bits per heavy atom. The molecule has 0 radical (unpaired) electrons. The number of nitrogens with zero attached hydrogens (tertiary/aromatic N) is 1. The van der Waals surface area contributed by atoms with Gasteiger partial charge in [-0.2, -0.15) is 0 Å². The highest BCUT2D eigenvalue weighted by atomic mass is 16.7. The van der Waals surface area contributed by atoms with Crippen LogP contribution >= 0.6 is 0 Å². The standard InChI is InChI=1S/C45H85NO8/c1-6-8-10-12-14-16-18-19-20-21-22-23-24-25-26-28-29-31-33-35-42(47)52-39-41(40-53-45(44(49)50)51-38-37-46(3,4)5)54-43(48)36-34-32-30-27-17-15-13-11-9-7-2/h11,13,41,45H,6-10,12,14-40H2,1-5H3/b13-11-. The van der Waals surface area contributed by atoms with Gasteiger partial charge in [-0.1, -0.05) is 167 Å². The van der Waals surface area contributed by atoms with E-state index in [4.69, 9.17) is 18.9 Å². The third-order valence-corrected chi connectivity index (χ3v) is 9.74. The molecule has 0 heterocycles. The van der Waals surface area contributed by atoms with Gasteiger partial charge in [0.1, 0.15) is 13.2 Å². The summed E-state index contributed by atoms with van der Waals surface area (Å²) in [6.45, 7) is 4.68. The van der Waals surface area contributed by atoms with Crippen LogP contribution in [-0.4, -0.2) is 82.3 Å². The number of carboxylic acid groups (broad SMARTS) is 1. The first-order valence-corrected chi connectivity index (χ1v) is 22.3. The second kappa shape index (κ2) is 37.9. The van der Waals surface area contributed by atoms with Crippen LogP contribution in [0.3, 0.4) is 0 Å². The summed E-state index contributed by atoms with van der Waals surface area (Å²) in [6, 6.07) is 0. The molecule has 54 heavy (non-hydrogen) atoms. The number of aliphatic carboxylic acids is 1. The first-order valence-electron chi connectivity index (χ1n) is 22.3. The van der Waals surface area contributed by atoms with Gasteiger partial charge in [-0.05, 0) is 32.1 Å². The smallest absolute Gasteiger partial charge is 0.306 e. The van der Waals surface area contributed by atoms with E-state index in [0.717, 1.165) is 57.8 Å². The van der Waals surface area contributed by atoms with Crippen molar-refractivity contribution in [1.82, 2.24) is 0 Å². The highest BCUT2D eigenvalue weighted by Crippen LogP contribution is 2.16. The van der Waals surface area contributed by atoms with Crippen LogP contribution in [0.5, 0.6) is 0 Å². The number of carbonyl (C=O) groups excluding carboxylic acids is 3. The monoisotopic (exact) mass is 768 g/mol. The first kappa shape index (κ1) is 52.0. The molecule has 0 saturated heterocycles. The maximum Gasteiger partial charge on any atom is 0.306 e. The van der Waals surface area contributed by atoms with E-state index in [1.54, 1.807) is 0 Å². The van der Waals surface area contributed by atoms with Gasteiger partial charge in [0.25, 0.3) is 0 Å². The Balaban J connectivity index is 4.31. The average molecular weight is 768 g/mol. The summed E-state index contributed by atoms with van der Waals surface area (Å²) in [6.07, 6.45) is 35.4. The van der Waals surface area contributed by atoms with Crippen LogP contribution in [0, 0.1) is 0 Å². The van der Waals surface area contributed by atoms with Crippen molar-refractivity contribution < 1.29 is 42.9 Å². The molecule has 0 amide bonds. The summed E-state index contributed by atoms with van der Waals surface area (Å²) >= 11 is 0. The normalized spacial score (nSPS) is 13.0. The van der Waals surface area contributed by atoms with Crippen LogP contribution in [-0.2, 0) is 33.3 Å². The summed E-state index contributed by atoms with van der Waals surface area (Å²) < 4.78 is 22.5. The molecule has 9 nitrogen and oxygen atoms in total. The highest BCUT2D eigenvalue weighted by molar-refractivity contribution is 5.70. The van der Waals surface area contributed by atoms with E-state index >= 15 is 0 Å². The van der Waals surface area contributed by atoms with Crippen molar-refractivity contribution in [1.29, 1.82) is 0 Å². The van der Waals surface area contributed by atoms with Crippen LogP contribution in [0.25, 0.3) is 0 Å². The predicted octanol–water partition coefficient (Wildman–Crippen LogP) is 10.2. The molecule has 0 saturated carbocycles. The van der Waals surface area contributed by atoms with E-state index in [0.29, 0.717) is 23.9 Å². The Labute approximate surface area is 332 Å². The molecule has 0 aliphatic rings. The van der Waals surface area contributed by atoms with Crippen molar-refractivity contribution in [2.45, 2.75) is 212 Å². The zero-order valence-electron chi connectivity index (χ0n) is 35.9. The molecule has 0 fully saturated rings. The highest BCUT2D eigenvalue weighted by Gasteiger charge is 2.21. The van der Waals surface area contributed by atoms with Crippen molar-refractivity contribution in [3.8, 4) is 0 Å². The van der Waals surface area contributed by atoms with Crippen LogP contribution in [0.15, 0.2) is 12.2 Å². The molecule has 2 atom stereocenters. The zero-order chi connectivity index (χ0) is 40.0. The number of rotatable bonds is 41. The number of carbonyl (C=O) groups is 3. The lowest BCUT2D eigenvalue weighted by Crippen LogP contribution is -2.44. The lowest BCUT2D eigenvalue weighted by atomic mass is 10.0. The number of quaternary nitrogens is 1. The van der Waals surface area contributed by atoms with Crippen molar-refractivity contribution in [2.24, 2.45) is 0 Å². The average Bonchev–Trinajstić information content (AvgIpc) is 3.12. The molecule has 0 bridgehead atoms. The van der Waals surface area contributed by atoms with Gasteiger partial charge in [-0.3, -0.25) is 9.59 Å². The molecule has 2 unspecified atom stereocenters. The van der Waals surface area contributed by atoms with Crippen LogP contribution < -0.4 is 5.11 Å². The number of ether oxygens (including phenoxy) is 4. The van der Waals surface area contributed by atoms with E-state index in [9.17, 15) is 19.5 Å². The van der Waals surface area contributed by atoms with E-state index in [1.807, 2.05) is 21.1 Å². The van der Waals surface area contributed by atoms with Crippen molar-refractivity contribution in [3.63, 3.8) is 0 Å². The summed E-state index contributed by atoms with van der Waals surface area (Å²) in [5.41, 5.74) is 0. The third-order valence-electron chi connectivity index (χ3n) is 9.74. The number of likely N-dealkylation sites (N-methyl/N-ethyl adjacent to an activating group) is 1. The van der Waals surface area contributed by atoms with Crippen molar-refractivity contribution in [3.05, 3.63) is 12.2 Å². The minimum atomic E-state index is -1.62. The minimum absolute atomic E-state index is 0.149. The molecule has 0 N–H and O–H groups in total. The fraction of sp³-hybridized carbons (Fsp3) is 0.889. The van der Waals surface area contributed by atoms with Crippen LogP contribution in [0.2, 0.25) is 0 Å². The summed E-state index contributed by atoms with van der Waals surface area (Å²) in [5, 5.41) is 11.7. The number of esters is 2. The van der Waals surface area contributed by atoms with Crippen molar-refractivity contribution in [2.75, 3.05) is 47.5 Å². The SMILES string of the molecule is CCC/C=C\CCCCCCCC(=O)OC(COC(=O)CCCCCCCCCCCCCCCCCCCCC)COC(OCC[N+](C)(C)C)C(=O)[O-]. The molecule has 9 heteroatoms. The zero-order valence-corrected chi connectivity index (χ0v) is 35.9. The molecule has 0 spiro atoms. The summed E-state index contributed by atoms with van der Waals surface area (Å²) in [7, 11) is 5.90. The Morgan fingerprint density at radius 2 is 0.981 bits per heavy atom. The molecule has 0 rings (SSSR count). The largest absolute Gasteiger partial charge is 0.545 e. The van der Waals surface area contributed by atoms with Gasteiger partial charge in [0, 0.05) is 12.8 Å². The number of carboxylic acids is 1. The van der Waals surface area contributed by atoms with Gasteiger partial charge >= 0.3 is 11.9 Å². The molecule has 0 aliphatic carbocycles. The lowest BCUT2D eigenvalue weighted by Gasteiger charge is -2.26. The summed E-state index contributed by atoms with van der Waals surface area (Å²) in [5.74, 6) is -2.29. The molecule has 0 aromatic heterocycles. The maximum atomic E-state index is 12.7. The van der Waals surface area contributed by atoms with Gasteiger partial charge in [0.15, 0.2) is 12.4 Å². The van der Waals surface area contributed by atoms with Crippen LogP contribution in [0.4, 0.5) is 0 Å². The van der Waals surface area contributed by atoms with Gasteiger partial charge in [-0.25, -0.2) is 0 Å². The van der Waals surface area contributed by atoms with Gasteiger partial charge in [0.05, 0.1) is 40.3 Å².